The quantitative estimate of drug-likeness (QED) is 0.0391. The Morgan fingerprint density at radius 1 is 0.944 bits per heavy atom. The zero-order chi connectivity index (χ0) is 65.9. The lowest BCUT2D eigenvalue weighted by Gasteiger charge is -2.42. The van der Waals surface area contributed by atoms with E-state index in [1.54, 1.807) is 56.5 Å². The molecule has 0 spiro atoms. The van der Waals surface area contributed by atoms with Crippen molar-refractivity contribution in [2.75, 3.05) is 103 Å². The van der Waals surface area contributed by atoms with Crippen molar-refractivity contribution in [1.29, 1.82) is 0 Å². The molecule has 4 aliphatic rings. The van der Waals surface area contributed by atoms with Crippen molar-refractivity contribution in [3.8, 4) is 5.75 Å². The van der Waals surface area contributed by atoms with Gasteiger partial charge in [0.1, 0.15) is 61.0 Å². The normalized spacial score (nSPS) is 25.0. The monoisotopic (exact) mass is 1320 g/mol. The number of hydrogen-bond acceptors (Lipinski definition) is 21. The van der Waals surface area contributed by atoms with Crippen LogP contribution in [0, 0.1) is 5.92 Å². The number of allylic oxidation sites excluding steroid dienone is 3. The fourth-order valence-corrected chi connectivity index (χ4v) is 11.4. The standard InChI is InChI=1S/C61H82ClN7O19S2/c1-36-13-11-15-48(81-9)61(79)31-47(86-57(76)66-61)37(2)54-60(4,88-54)49(30-42(70)29-41-26-40(25-36)28-46(80-8)53(41)62)87-55(74)38(3)69(7)52(73)19-24-90-59(78)68(6)22-21-67(5)58(77)84-32-39-16-17-44(65-56(75)85-43-14-12-23-82-35-83-33-43)45(27-39)64-50(71)18-20-63-51(72)34-89-10/h11-17,26-28,37-38,43,47-49,54,79H,18-25,29-35H2,1-10H3,(H,63,72)(H,64,71)(H,65,75)(H,66,76)/b14-12+,15-11+,36-13+/t37-,38+,43?,47+,48-,49+,54+,60+,61+/m1/s1. The lowest BCUT2D eigenvalue weighted by molar-refractivity contribution is -0.162. The summed E-state index contributed by atoms with van der Waals surface area (Å²) < 4.78 is 51.0. The number of carbonyl (C=O) groups is 9. The van der Waals surface area contributed by atoms with Gasteiger partial charge < -0.3 is 73.1 Å². The molecule has 0 radical (unpaired) electrons. The molecule has 5 N–H and O–H groups in total. The summed E-state index contributed by atoms with van der Waals surface area (Å²) in [5, 5.41) is 22.2. The number of methoxy groups -OCH3 is 2. The van der Waals surface area contributed by atoms with Gasteiger partial charge in [-0.25, -0.2) is 19.2 Å². The number of anilines is 2. The zero-order valence-corrected chi connectivity index (χ0v) is 54.6. The number of Topliss-reactive ketones (excluding diaryl/α,β-unsaturated/α-hetero) is 1. The molecule has 2 fully saturated rings. The molecular weight excluding hydrogens is 1230 g/mol. The highest BCUT2D eigenvalue weighted by molar-refractivity contribution is 8.13. The zero-order valence-electron chi connectivity index (χ0n) is 52.3. The van der Waals surface area contributed by atoms with E-state index in [1.165, 1.54) is 80.9 Å². The van der Waals surface area contributed by atoms with Crippen molar-refractivity contribution >= 4 is 99.5 Å². The molecular formula is C61H82ClN7O19S2. The summed E-state index contributed by atoms with van der Waals surface area (Å²) in [5.74, 6) is -2.36. The van der Waals surface area contributed by atoms with Gasteiger partial charge in [-0.05, 0) is 74.4 Å². The molecule has 3 aliphatic heterocycles. The molecule has 1 aliphatic carbocycles. The summed E-state index contributed by atoms with van der Waals surface area (Å²) in [6.07, 6.45) is 2.86. The summed E-state index contributed by atoms with van der Waals surface area (Å²) in [5.41, 5.74) is -0.229. The Kier molecular flexibility index (Phi) is 27.2. The number of nitrogens with one attached hydrogen (secondary N) is 4. The number of hydrogen-bond donors (Lipinski definition) is 5. The smallest absolute Gasteiger partial charge is 0.412 e. The van der Waals surface area contributed by atoms with Crippen molar-refractivity contribution in [2.45, 2.75) is 121 Å². The molecule has 6 rings (SSSR count). The largest absolute Gasteiger partial charge is 0.495 e. The van der Waals surface area contributed by atoms with Crippen molar-refractivity contribution in [3.63, 3.8) is 0 Å². The molecule has 9 atom stereocenters. The third-order valence-electron chi connectivity index (χ3n) is 15.4. The number of carbonyl (C=O) groups excluding carboxylic acids is 9. The van der Waals surface area contributed by atoms with Crippen LogP contribution in [0.2, 0.25) is 5.02 Å². The third-order valence-corrected chi connectivity index (χ3v) is 17.4. The Morgan fingerprint density at radius 3 is 2.43 bits per heavy atom. The van der Waals surface area contributed by atoms with Crippen LogP contribution in [0.1, 0.15) is 70.1 Å². The Bertz CT molecular complexity index is 3030. The first-order valence-corrected chi connectivity index (χ1v) is 31.9. The highest BCUT2D eigenvalue weighted by Crippen LogP contribution is 2.49. The number of likely N-dealkylation sites (N-methyl/N-ethyl adjacent to an activating group) is 3. The predicted octanol–water partition coefficient (Wildman–Crippen LogP) is 6.39. The van der Waals surface area contributed by atoms with Crippen LogP contribution in [-0.4, -0.2) is 213 Å². The molecule has 1 unspecified atom stereocenters. The first-order valence-electron chi connectivity index (χ1n) is 29.1. The van der Waals surface area contributed by atoms with Crippen molar-refractivity contribution in [1.82, 2.24) is 25.3 Å². The van der Waals surface area contributed by atoms with Crippen LogP contribution in [-0.2, 0) is 81.3 Å². The number of epoxide rings is 1. The second-order valence-electron chi connectivity index (χ2n) is 22.4. The molecule has 2 aromatic carbocycles. The second-order valence-corrected chi connectivity index (χ2v) is 24.7. The lowest BCUT2D eigenvalue weighted by atomic mass is 9.83. The molecule has 3 heterocycles. The Labute approximate surface area is 537 Å². The molecule has 2 aromatic rings. The Balaban J connectivity index is 1.02. The van der Waals surface area contributed by atoms with E-state index in [4.69, 9.17) is 54.2 Å². The van der Waals surface area contributed by atoms with Crippen molar-refractivity contribution in [3.05, 3.63) is 88.0 Å². The van der Waals surface area contributed by atoms with Gasteiger partial charge in [0.05, 0.1) is 48.6 Å². The minimum Gasteiger partial charge on any atom is -0.495 e. The number of ether oxygens (including phenoxy) is 9. The maximum absolute atomic E-state index is 14.2. The molecule has 4 bridgehead atoms. The number of fused-ring (bicyclic) bond motifs is 5. The highest BCUT2D eigenvalue weighted by Gasteiger charge is 2.64. The first-order chi connectivity index (χ1) is 42.8. The molecule has 494 valence electrons. The molecule has 2 saturated heterocycles. The number of rotatable bonds is 21. The van der Waals surface area contributed by atoms with Gasteiger partial charge in [0.15, 0.2) is 5.72 Å². The van der Waals surface area contributed by atoms with Gasteiger partial charge in [0.25, 0.3) is 5.24 Å². The van der Waals surface area contributed by atoms with Crippen LogP contribution in [0.3, 0.4) is 0 Å². The second kappa shape index (κ2) is 33.9. The number of nitrogens with zero attached hydrogens (tertiary/aromatic N) is 3. The van der Waals surface area contributed by atoms with Crippen LogP contribution >= 0.6 is 35.1 Å². The maximum Gasteiger partial charge on any atom is 0.412 e. The average molecular weight is 1320 g/mol. The number of halogens is 1. The van der Waals surface area contributed by atoms with E-state index in [0.29, 0.717) is 23.3 Å². The van der Waals surface area contributed by atoms with E-state index in [1.807, 2.05) is 19.1 Å². The van der Waals surface area contributed by atoms with Gasteiger partial charge in [-0.1, -0.05) is 72.3 Å². The number of thioether (sulfide) groups is 2. The molecule has 90 heavy (non-hydrogen) atoms. The number of amides is 7. The number of aliphatic hydroxyl groups is 1. The van der Waals surface area contributed by atoms with Crippen molar-refractivity contribution in [2.24, 2.45) is 5.92 Å². The number of esters is 1. The Hall–Kier alpha value is -6.92. The SMILES string of the molecule is COc1cc2cc(c1Cl)CC(=O)C[C@H](OC(=O)[C@H](C)N(C)C(=O)CCSC(=O)N(C)CCN(C)C(=O)OCc1ccc(NC(=O)OC3/C=C/COCOC3)c(NC(=O)CCNC(=O)CSC)c1)[C@]1(C)O[C@H]1[C@H](C)[C@@H]1C[C@@](O)(NC(=O)O1)[C@H](OC)/C=C/C=C(\C)C2. The van der Waals surface area contributed by atoms with Gasteiger partial charge >= 0.3 is 24.2 Å². The highest BCUT2D eigenvalue weighted by atomic mass is 35.5. The molecule has 26 nitrogen and oxygen atoms in total. The van der Waals surface area contributed by atoms with E-state index < -0.39 is 95.1 Å². The van der Waals surface area contributed by atoms with Crippen molar-refractivity contribution < 1.29 is 90.9 Å². The third kappa shape index (κ3) is 20.8. The summed E-state index contributed by atoms with van der Waals surface area (Å²) in [7, 11) is 7.31. The molecule has 0 aromatic heterocycles. The number of ketones is 1. The van der Waals surface area contributed by atoms with Crippen LogP contribution in [0.5, 0.6) is 5.75 Å². The first kappa shape index (κ1) is 72.1. The molecule has 29 heteroatoms. The summed E-state index contributed by atoms with van der Waals surface area (Å²) >= 11 is 8.98. The van der Waals surface area contributed by atoms with E-state index in [0.717, 1.165) is 22.9 Å². The average Bonchev–Trinajstić information content (AvgIpc) is 1.58. The van der Waals surface area contributed by atoms with Crippen LogP contribution in [0.25, 0.3) is 0 Å². The fraction of sp³-hybridized carbons (Fsp3) is 0.557. The topological polar surface area (TPSA) is 318 Å². The number of benzene rings is 2. The Morgan fingerprint density at radius 2 is 1.70 bits per heavy atom. The van der Waals surface area contributed by atoms with E-state index >= 15 is 0 Å². The van der Waals surface area contributed by atoms with E-state index in [-0.39, 0.29) is 118 Å². The van der Waals surface area contributed by atoms with Crippen LogP contribution in [0.15, 0.2) is 66.3 Å². The predicted molar refractivity (Wildman–Crippen MR) is 335 cm³/mol. The van der Waals surface area contributed by atoms with Gasteiger partial charge in [-0.15, -0.1) is 0 Å². The minimum absolute atomic E-state index is 0.0302. The van der Waals surface area contributed by atoms with Crippen LogP contribution < -0.4 is 26.0 Å². The van der Waals surface area contributed by atoms with Crippen LogP contribution in [0.4, 0.5) is 30.6 Å². The maximum atomic E-state index is 14.2. The molecule has 0 saturated carbocycles. The van der Waals surface area contributed by atoms with Gasteiger partial charge in [-0.2, -0.15) is 11.8 Å². The minimum atomic E-state index is -1.89. The number of alkyl carbamates (subject to hydrolysis) is 1. The lowest BCUT2D eigenvalue weighted by Crippen LogP contribution is -2.63. The summed E-state index contributed by atoms with van der Waals surface area (Å²) in [6.45, 7) is 7.14. The van der Waals surface area contributed by atoms with Gasteiger partial charge in [0.2, 0.25) is 17.7 Å². The van der Waals surface area contributed by atoms with E-state index in [9.17, 15) is 48.3 Å². The molecule has 7 amide bonds. The van der Waals surface area contributed by atoms with Gasteiger partial charge in [-0.3, -0.25) is 34.6 Å². The van der Waals surface area contributed by atoms with Gasteiger partial charge in [0, 0.05) is 91.7 Å². The fourth-order valence-electron chi connectivity index (χ4n) is 10.1. The van der Waals surface area contributed by atoms with E-state index in [2.05, 4.69) is 21.3 Å². The summed E-state index contributed by atoms with van der Waals surface area (Å²) in [4.78, 5) is 123. The summed E-state index contributed by atoms with van der Waals surface area (Å²) in [6, 6.07) is 7.00.